The Balaban J connectivity index is 0.00000272. The Hall–Kier alpha value is -2.71. The maximum Gasteiger partial charge on any atom is 0.345 e. The Kier molecular flexibility index (Phi) is 6.81. The van der Waals surface area contributed by atoms with Crippen LogP contribution in [0.4, 0.5) is 8.78 Å². The molecule has 0 N–H and O–H groups in total. The van der Waals surface area contributed by atoms with Crippen LogP contribution in [0.15, 0.2) is 54.6 Å². The highest BCUT2D eigenvalue weighted by Crippen LogP contribution is 2.31. The first kappa shape index (κ1) is 23.0. The smallest absolute Gasteiger partial charge is 0.345 e. The van der Waals surface area contributed by atoms with Crippen LogP contribution >= 0.6 is 0 Å². The average Bonchev–Trinajstić information content (AvgIpc) is 3.04. The molecule has 2 aromatic carbocycles. The van der Waals surface area contributed by atoms with Crippen LogP contribution in [0.1, 0.15) is 56.5 Å². The Morgan fingerprint density at radius 3 is 2.16 bits per heavy atom. The van der Waals surface area contributed by atoms with E-state index >= 15 is 0 Å². The molecule has 0 radical (unpaired) electrons. The van der Waals surface area contributed by atoms with Gasteiger partial charge in [0.1, 0.15) is 12.6 Å². The molecule has 4 rings (SSSR count). The monoisotopic (exact) mass is 490 g/mol. The van der Waals surface area contributed by atoms with E-state index in [9.17, 15) is 18.4 Å². The Bertz CT molecular complexity index is 1130. The number of carbonyl (C=O) groups excluding carboxylic acids is 2. The molecule has 0 spiro atoms. The molecule has 0 aliphatic heterocycles. The SMILES string of the molecule is Cc1n(C(C)c2ccccc2)c2c([n+]1CCOC(F)F)C(=O)c1ccccc1C2=O.[Br-]. The van der Waals surface area contributed by atoms with E-state index in [1.807, 2.05) is 41.8 Å². The summed E-state index contributed by atoms with van der Waals surface area (Å²) >= 11 is 0. The fourth-order valence-electron chi connectivity index (χ4n) is 4.14. The quantitative estimate of drug-likeness (QED) is 0.374. The number of imidazole rings is 1. The van der Waals surface area contributed by atoms with Gasteiger partial charge in [-0.25, -0.2) is 9.13 Å². The summed E-state index contributed by atoms with van der Waals surface area (Å²) in [5, 5.41) is 0. The first-order valence-electron chi connectivity index (χ1n) is 9.69. The van der Waals surface area contributed by atoms with Crippen molar-refractivity contribution in [2.45, 2.75) is 33.0 Å². The summed E-state index contributed by atoms with van der Waals surface area (Å²) in [7, 11) is 0. The summed E-state index contributed by atoms with van der Waals surface area (Å²) in [6.07, 6.45) is 0. The van der Waals surface area contributed by atoms with Crippen LogP contribution in [0, 0.1) is 6.92 Å². The molecule has 1 aliphatic rings. The van der Waals surface area contributed by atoms with E-state index in [2.05, 4.69) is 4.74 Å². The predicted octanol–water partition coefficient (Wildman–Crippen LogP) is 0.712. The minimum absolute atomic E-state index is 0. The van der Waals surface area contributed by atoms with E-state index in [4.69, 9.17) is 0 Å². The predicted molar refractivity (Wildman–Crippen MR) is 105 cm³/mol. The van der Waals surface area contributed by atoms with E-state index in [-0.39, 0.29) is 59.1 Å². The fourth-order valence-corrected chi connectivity index (χ4v) is 4.14. The number of alkyl halides is 2. The van der Waals surface area contributed by atoms with E-state index in [0.29, 0.717) is 17.0 Å². The highest BCUT2D eigenvalue weighted by molar-refractivity contribution is 6.26. The van der Waals surface area contributed by atoms with Crippen molar-refractivity contribution in [1.82, 2.24) is 4.57 Å². The summed E-state index contributed by atoms with van der Waals surface area (Å²) in [4.78, 5) is 26.7. The van der Waals surface area contributed by atoms with Crippen molar-refractivity contribution >= 4 is 11.6 Å². The van der Waals surface area contributed by atoms with Crippen LogP contribution in [-0.4, -0.2) is 29.4 Å². The van der Waals surface area contributed by atoms with Crippen LogP contribution in [0.25, 0.3) is 0 Å². The second-order valence-electron chi connectivity index (χ2n) is 7.19. The molecule has 0 amide bonds. The minimum atomic E-state index is -2.90. The zero-order valence-electron chi connectivity index (χ0n) is 17.0. The second-order valence-corrected chi connectivity index (χ2v) is 7.19. The molecular formula is C23H21BrF2N2O3. The lowest BCUT2D eigenvalue weighted by Gasteiger charge is -2.15. The van der Waals surface area contributed by atoms with Gasteiger partial charge >= 0.3 is 6.61 Å². The molecule has 1 aromatic heterocycles. The maximum atomic E-state index is 13.4. The van der Waals surface area contributed by atoms with Gasteiger partial charge in [-0.05, 0) is 12.5 Å². The van der Waals surface area contributed by atoms with Crippen LogP contribution < -0.4 is 21.5 Å². The van der Waals surface area contributed by atoms with Gasteiger partial charge in [-0.2, -0.15) is 8.78 Å². The lowest BCUT2D eigenvalue weighted by molar-refractivity contribution is -0.706. The van der Waals surface area contributed by atoms with E-state index in [1.165, 1.54) is 0 Å². The van der Waals surface area contributed by atoms with Crippen molar-refractivity contribution in [3.63, 3.8) is 0 Å². The van der Waals surface area contributed by atoms with Crippen LogP contribution in [0.3, 0.4) is 0 Å². The molecule has 31 heavy (non-hydrogen) atoms. The molecule has 8 heteroatoms. The van der Waals surface area contributed by atoms with Gasteiger partial charge in [0, 0.05) is 18.1 Å². The Labute approximate surface area is 189 Å². The molecule has 0 fully saturated rings. The van der Waals surface area contributed by atoms with Gasteiger partial charge in [0.2, 0.25) is 23.0 Å². The number of aromatic nitrogens is 2. The van der Waals surface area contributed by atoms with Crippen molar-refractivity contribution < 1.29 is 44.7 Å². The number of halogens is 3. The van der Waals surface area contributed by atoms with E-state index < -0.39 is 6.61 Å². The third kappa shape index (κ3) is 3.97. The number of rotatable bonds is 6. The number of hydrogen-bond donors (Lipinski definition) is 0. The Morgan fingerprint density at radius 2 is 1.55 bits per heavy atom. The molecule has 162 valence electrons. The van der Waals surface area contributed by atoms with Crippen molar-refractivity contribution in [3.05, 3.63) is 88.5 Å². The molecule has 3 aromatic rings. The second kappa shape index (κ2) is 9.20. The number of carbonyl (C=O) groups is 2. The van der Waals surface area contributed by atoms with Crippen molar-refractivity contribution in [1.29, 1.82) is 0 Å². The van der Waals surface area contributed by atoms with Gasteiger partial charge in [0.15, 0.2) is 0 Å². The standard InChI is InChI=1S/C23H21F2N2O3.BrH/c1-14(16-8-4-3-5-9-16)27-15(2)26(12-13-30-23(24)25)19-20(27)22(29)18-11-7-6-10-17(18)21(19)28;/h3-11,14,23H,12-13H2,1-2H3;1H/q+1;/p-1. The molecule has 0 saturated carbocycles. The van der Waals surface area contributed by atoms with Gasteiger partial charge in [-0.15, -0.1) is 0 Å². The number of benzene rings is 2. The minimum Gasteiger partial charge on any atom is -1.00 e. The van der Waals surface area contributed by atoms with Crippen LogP contribution in [-0.2, 0) is 11.3 Å². The van der Waals surface area contributed by atoms with Crippen molar-refractivity contribution in [2.24, 2.45) is 0 Å². The number of hydrogen-bond acceptors (Lipinski definition) is 3. The maximum absolute atomic E-state index is 13.4. The zero-order chi connectivity index (χ0) is 21.4. The molecule has 1 heterocycles. The number of fused-ring (bicyclic) bond motifs is 2. The third-order valence-electron chi connectivity index (χ3n) is 5.55. The molecule has 5 nitrogen and oxygen atoms in total. The molecule has 0 saturated heterocycles. The third-order valence-corrected chi connectivity index (χ3v) is 5.55. The summed E-state index contributed by atoms with van der Waals surface area (Å²) in [5.41, 5.74) is 2.14. The average molecular weight is 491 g/mol. The lowest BCUT2D eigenvalue weighted by Crippen LogP contribution is -3.00. The Morgan fingerprint density at radius 1 is 0.968 bits per heavy atom. The van der Waals surface area contributed by atoms with Crippen molar-refractivity contribution in [2.75, 3.05) is 6.61 Å². The first-order chi connectivity index (χ1) is 14.4. The topological polar surface area (TPSA) is 52.2 Å². The number of ether oxygens (including phenoxy) is 1. The largest absolute Gasteiger partial charge is 1.00 e. The number of ketones is 2. The lowest BCUT2D eigenvalue weighted by atomic mass is 9.89. The highest BCUT2D eigenvalue weighted by Gasteiger charge is 2.44. The molecule has 0 bridgehead atoms. The van der Waals surface area contributed by atoms with Crippen molar-refractivity contribution in [3.8, 4) is 0 Å². The fraction of sp³-hybridized carbons (Fsp3) is 0.261. The normalized spacial score (nSPS) is 13.6. The van der Waals surface area contributed by atoms with Gasteiger partial charge < -0.3 is 21.7 Å². The summed E-state index contributed by atoms with van der Waals surface area (Å²) in [6.45, 7) is 0.591. The van der Waals surface area contributed by atoms with E-state index in [0.717, 1.165) is 5.56 Å². The van der Waals surface area contributed by atoms with Gasteiger partial charge in [0.25, 0.3) is 5.82 Å². The molecular weight excluding hydrogens is 470 g/mol. The summed E-state index contributed by atoms with van der Waals surface area (Å²) in [6, 6.07) is 16.1. The van der Waals surface area contributed by atoms with Crippen LogP contribution in [0.2, 0.25) is 0 Å². The van der Waals surface area contributed by atoms with Gasteiger partial charge in [-0.3, -0.25) is 9.59 Å². The highest BCUT2D eigenvalue weighted by atomic mass is 79.9. The molecule has 1 unspecified atom stereocenters. The summed E-state index contributed by atoms with van der Waals surface area (Å²) in [5.74, 6) is 0.0858. The molecule has 1 aliphatic carbocycles. The van der Waals surface area contributed by atoms with E-state index in [1.54, 1.807) is 35.8 Å². The molecule has 1 atom stereocenters. The summed E-state index contributed by atoms with van der Waals surface area (Å²) < 4.78 is 32.9. The van der Waals surface area contributed by atoms with Gasteiger partial charge in [0.05, 0.1) is 6.61 Å². The number of nitrogens with zero attached hydrogens (tertiary/aromatic N) is 2. The van der Waals surface area contributed by atoms with Gasteiger partial charge in [-0.1, -0.05) is 54.6 Å². The van der Waals surface area contributed by atoms with Crippen LogP contribution in [0.5, 0.6) is 0 Å². The zero-order valence-corrected chi connectivity index (χ0v) is 18.6. The first-order valence-corrected chi connectivity index (χ1v) is 9.69.